The van der Waals surface area contributed by atoms with Crippen molar-refractivity contribution in [3.05, 3.63) is 35.4 Å². The first-order chi connectivity index (χ1) is 9.18. The van der Waals surface area contributed by atoms with Crippen LogP contribution in [0.3, 0.4) is 0 Å². The Morgan fingerprint density at radius 3 is 2.58 bits per heavy atom. The lowest BCUT2D eigenvalue weighted by molar-refractivity contribution is 0.275. The number of nitrogens with zero attached hydrogens (tertiary/aromatic N) is 1. The summed E-state index contributed by atoms with van der Waals surface area (Å²) in [5, 5.41) is 3.77. The Morgan fingerprint density at radius 2 is 1.95 bits per heavy atom. The van der Waals surface area contributed by atoms with E-state index in [0.717, 1.165) is 6.54 Å². The molecule has 0 radical (unpaired) electrons. The fraction of sp³-hybridized carbons (Fsp3) is 0.625. The van der Waals surface area contributed by atoms with Crippen LogP contribution in [-0.2, 0) is 0 Å². The van der Waals surface area contributed by atoms with Crippen LogP contribution in [0, 0.1) is 6.92 Å². The Kier molecular flexibility index (Phi) is 5.74. The van der Waals surface area contributed by atoms with Crippen LogP contribution in [-0.4, -0.2) is 43.1 Å². The second-order valence-electron chi connectivity index (χ2n) is 5.63. The Bertz CT molecular complexity index is 386. The molecule has 0 aromatic heterocycles. The molecule has 1 heterocycles. The molecule has 0 bridgehead atoms. The first kappa shape index (κ1) is 14.9. The maximum Gasteiger partial charge on any atom is 0.0469 e. The van der Waals surface area contributed by atoms with Gasteiger partial charge in [0.05, 0.1) is 0 Å². The molecule has 1 aliphatic heterocycles. The summed E-state index contributed by atoms with van der Waals surface area (Å²) in [6.45, 7) is 3.26. The number of hydrogen-bond donors (Lipinski definition) is 1. The van der Waals surface area contributed by atoms with Gasteiger partial charge in [-0.3, -0.25) is 0 Å². The number of benzene rings is 1. The minimum Gasteiger partial charge on any atom is -0.312 e. The largest absolute Gasteiger partial charge is 0.312 e. The van der Waals surface area contributed by atoms with Gasteiger partial charge in [-0.15, -0.1) is 0 Å². The second kappa shape index (κ2) is 7.32. The lowest BCUT2D eigenvalue weighted by Gasteiger charge is -2.30. The van der Waals surface area contributed by atoms with Gasteiger partial charge in [-0.25, -0.2) is 0 Å². The maximum absolute atomic E-state index is 3.77. The van der Waals surface area contributed by atoms with Crippen LogP contribution in [0.25, 0.3) is 0 Å². The molecule has 19 heavy (non-hydrogen) atoms. The van der Waals surface area contributed by atoms with E-state index < -0.39 is 0 Å². The Hall–Kier alpha value is -0.510. The van der Waals surface area contributed by atoms with Crippen molar-refractivity contribution in [1.29, 1.82) is 0 Å². The summed E-state index contributed by atoms with van der Waals surface area (Å²) in [5.74, 6) is 2.63. The number of aryl methyl sites for hydroxylation is 1. The highest BCUT2D eigenvalue weighted by atomic mass is 32.2. The first-order valence-electron chi connectivity index (χ1n) is 7.21. The van der Waals surface area contributed by atoms with Crippen molar-refractivity contribution < 1.29 is 0 Å². The van der Waals surface area contributed by atoms with Crippen molar-refractivity contribution in [2.75, 3.05) is 32.1 Å². The predicted molar refractivity (Wildman–Crippen MR) is 86.0 cm³/mol. The summed E-state index contributed by atoms with van der Waals surface area (Å²) in [5.41, 5.74) is 2.84. The molecule has 106 valence electrons. The van der Waals surface area contributed by atoms with E-state index >= 15 is 0 Å². The summed E-state index contributed by atoms with van der Waals surface area (Å²) in [6.07, 6.45) is 2.64. The molecular formula is C16H26N2S. The van der Waals surface area contributed by atoms with Crippen LogP contribution in [0.2, 0.25) is 0 Å². The van der Waals surface area contributed by atoms with E-state index in [1.807, 2.05) is 0 Å². The van der Waals surface area contributed by atoms with Gasteiger partial charge in [-0.2, -0.15) is 11.8 Å². The SMILES string of the molecule is Cc1ccccc1[C@H](CNC1CCSCC1)N(C)C. The van der Waals surface area contributed by atoms with Crippen molar-refractivity contribution >= 4 is 11.8 Å². The van der Waals surface area contributed by atoms with Gasteiger partial charge in [0.2, 0.25) is 0 Å². The van der Waals surface area contributed by atoms with E-state index in [0.29, 0.717) is 12.1 Å². The molecule has 1 aromatic rings. The zero-order valence-electron chi connectivity index (χ0n) is 12.4. The Labute approximate surface area is 122 Å². The van der Waals surface area contributed by atoms with Crippen molar-refractivity contribution in [3.63, 3.8) is 0 Å². The van der Waals surface area contributed by atoms with Crippen LogP contribution in [0.1, 0.15) is 30.0 Å². The number of likely N-dealkylation sites (N-methyl/N-ethyl adjacent to an activating group) is 1. The molecule has 1 aromatic carbocycles. The van der Waals surface area contributed by atoms with Crippen LogP contribution in [0.15, 0.2) is 24.3 Å². The maximum atomic E-state index is 3.77. The van der Waals surface area contributed by atoms with E-state index in [-0.39, 0.29) is 0 Å². The molecule has 0 aliphatic carbocycles. The summed E-state index contributed by atoms with van der Waals surface area (Å²) in [6, 6.07) is 9.93. The van der Waals surface area contributed by atoms with Gasteiger partial charge in [0.25, 0.3) is 0 Å². The highest BCUT2D eigenvalue weighted by Gasteiger charge is 2.19. The first-order valence-corrected chi connectivity index (χ1v) is 8.37. The molecule has 0 unspecified atom stereocenters. The Morgan fingerprint density at radius 1 is 1.26 bits per heavy atom. The molecule has 0 amide bonds. The standard InChI is InChI=1S/C16H26N2S/c1-13-6-4-5-7-15(13)16(18(2)3)12-17-14-8-10-19-11-9-14/h4-7,14,16-17H,8-12H2,1-3H3/t16-/m0/s1. The van der Waals surface area contributed by atoms with Crippen LogP contribution < -0.4 is 5.32 Å². The summed E-state index contributed by atoms with van der Waals surface area (Å²) in [7, 11) is 4.35. The number of hydrogen-bond acceptors (Lipinski definition) is 3. The normalized spacial score (nSPS) is 18.7. The minimum absolute atomic E-state index is 0.468. The fourth-order valence-electron chi connectivity index (χ4n) is 2.71. The van der Waals surface area contributed by atoms with Gasteiger partial charge in [0, 0.05) is 18.6 Å². The zero-order chi connectivity index (χ0) is 13.7. The van der Waals surface area contributed by atoms with Crippen LogP contribution in [0.4, 0.5) is 0 Å². The van der Waals surface area contributed by atoms with Crippen molar-refractivity contribution in [3.8, 4) is 0 Å². The Balaban J connectivity index is 1.98. The number of thioether (sulfide) groups is 1. The van der Waals surface area contributed by atoms with Gasteiger partial charge >= 0.3 is 0 Å². The molecule has 1 N–H and O–H groups in total. The van der Waals surface area contributed by atoms with Crippen LogP contribution >= 0.6 is 11.8 Å². The topological polar surface area (TPSA) is 15.3 Å². The van der Waals surface area contributed by atoms with Gasteiger partial charge in [-0.05, 0) is 56.5 Å². The molecule has 0 saturated carbocycles. The minimum atomic E-state index is 0.468. The lowest BCUT2D eigenvalue weighted by Crippen LogP contribution is -2.39. The highest BCUT2D eigenvalue weighted by molar-refractivity contribution is 7.99. The average Bonchev–Trinajstić information content (AvgIpc) is 2.42. The van der Waals surface area contributed by atoms with Crippen molar-refractivity contribution in [2.45, 2.75) is 31.8 Å². The van der Waals surface area contributed by atoms with Crippen molar-refractivity contribution in [1.82, 2.24) is 10.2 Å². The van der Waals surface area contributed by atoms with Gasteiger partial charge in [0.1, 0.15) is 0 Å². The molecule has 1 fully saturated rings. The molecule has 0 spiro atoms. The van der Waals surface area contributed by atoms with Crippen LogP contribution in [0.5, 0.6) is 0 Å². The third kappa shape index (κ3) is 4.23. The van der Waals surface area contributed by atoms with E-state index in [1.54, 1.807) is 0 Å². The molecule has 2 nitrogen and oxygen atoms in total. The third-order valence-electron chi connectivity index (χ3n) is 3.99. The third-order valence-corrected chi connectivity index (χ3v) is 5.04. The molecule has 1 aliphatic rings. The average molecular weight is 278 g/mol. The van der Waals surface area contributed by atoms with Crippen molar-refractivity contribution in [2.24, 2.45) is 0 Å². The highest BCUT2D eigenvalue weighted by Crippen LogP contribution is 2.22. The fourth-order valence-corrected chi connectivity index (χ4v) is 3.82. The van der Waals surface area contributed by atoms with Gasteiger partial charge in [0.15, 0.2) is 0 Å². The molecular weight excluding hydrogens is 252 g/mol. The van der Waals surface area contributed by atoms with E-state index in [4.69, 9.17) is 0 Å². The van der Waals surface area contributed by atoms with Gasteiger partial charge < -0.3 is 10.2 Å². The smallest absolute Gasteiger partial charge is 0.0469 e. The van der Waals surface area contributed by atoms with E-state index in [9.17, 15) is 0 Å². The molecule has 1 saturated heterocycles. The summed E-state index contributed by atoms with van der Waals surface area (Å²) in [4.78, 5) is 2.33. The second-order valence-corrected chi connectivity index (χ2v) is 6.86. The molecule has 1 atom stereocenters. The number of nitrogens with one attached hydrogen (secondary N) is 1. The predicted octanol–water partition coefficient (Wildman–Crippen LogP) is 3.08. The summed E-state index contributed by atoms with van der Waals surface area (Å²) < 4.78 is 0. The monoisotopic (exact) mass is 278 g/mol. The number of rotatable bonds is 5. The molecule has 2 rings (SSSR count). The molecule has 3 heteroatoms. The summed E-state index contributed by atoms with van der Waals surface area (Å²) >= 11 is 2.09. The zero-order valence-corrected chi connectivity index (χ0v) is 13.2. The van der Waals surface area contributed by atoms with E-state index in [2.05, 4.69) is 67.3 Å². The quantitative estimate of drug-likeness (QED) is 0.891. The lowest BCUT2D eigenvalue weighted by atomic mass is 10.00. The van der Waals surface area contributed by atoms with E-state index in [1.165, 1.54) is 35.5 Å². The van der Waals surface area contributed by atoms with Gasteiger partial charge in [-0.1, -0.05) is 24.3 Å².